The molecule has 0 bridgehead atoms. The molecular weight excluding hydrogens is 264 g/mol. The van der Waals surface area contributed by atoms with Gasteiger partial charge in [0.15, 0.2) is 0 Å². The van der Waals surface area contributed by atoms with Crippen LogP contribution in [0, 0.1) is 13.8 Å². The molecule has 116 valence electrons. The van der Waals surface area contributed by atoms with Gasteiger partial charge in [-0.05, 0) is 63.8 Å². The summed E-state index contributed by atoms with van der Waals surface area (Å²) in [6.07, 6.45) is 2.71. The maximum absolute atomic E-state index is 11.8. The molecule has 1 aromatic carbocycles. The number of aryl methyl sites for hydroxylation is 2. The molecule has 4 heteroatoms. The van der Waals surface area contributed by atoms with Gasteiger partial charge < -0.3 is 15.8 Å². The van der Waals surface area contributed by atoms with E-state index in [2.05, 4.69) is 19.2 Å². The van der Waals surface area contributed by atoms with Crippen molar-refractivity contribution in [2.45, 2.75) is 64.6 Å². The topological polar surface area (TPSA) is 64.3 Å². The first-order valence-electron chi connectivity index (χ1n) is 7.61. The number of carbonyl (C=O) groups is 1. The third-order valence-corrected chi connectivity index (χ3v) is 4.16. The van der Waals surface area contributed by atoms with Gasteiger partial charge in [0.25, 0.3) is 0 Å². The first kappa shape index (κ1) is 15.8. The quantitative estimate of drug-likeness (QED) is 0.810. The average molecular weight is 290 g/mol. The minimum atomic E-state index is -0.708. The van der Waals surface area contributed by atoms with Crippen LogP contribution in [0.5, 0.6) is 5.75 Å². The number of nitrogens with two attached hydrogens (primary N) is 1. The zero-order valence-corrected chi connectivity index (χ0v) is 13.4. The first-order chi connectivity index (χ1) is 9.80. The van der Waals surface area contributed by atoms with Crippen molar-refractivity contribution >= 4 is 5.91 Å². The van der Waals surface area contributed by atoms with Crippen LogP contribution in [0.4, 0.5) is 0 Å². The van der Waals surface area contributed by atoms with Crippen LogP contribution in [0.2, 0.25) is 0 Å². The molecular formula is C17H26N2O2. The first-order valence-corrected chi connectivity index (χ1v) is 7.61. The van der Waals surface area contributed by atoms with E-state index in [0.29, 0.717) is 12.5 Å². The summed E-state index contributed by atoms with van der Waals surface area (Å²) >= 11 is 0. The third kappa shape index (κ3) is 4.21. The highest BCUT2D eigenvalue weighted by atomic mass is 16.5. The van der Waals surface area contributed by atoms with Crippen molar-refractivity contribution in [1.29, 1.82) is 0 Å². The Bertz CT molecular complexity index is 526. The lowest BCUT2D eigenvalue weighted by molar-refractivity contribution is -0.124. The molecule has 2 rings (SSSR count). The molecule has 0 aliphatic heterocycles. The molecule has 0 saturated heterocycles. The molecule has 0 radical (unpaired) electrons. The normalized spacial score (nSPS) is 18.9. The molecule has 2 unspecified atom stereocenters. The maximum Gasteiger partial charge on any atom is 0.237 e. The SMILES string of the molecule is Cc1ccc(OC(C)CC(C)(NC2CC2)C(N)=O)cc1C. The van der Waals surface area contributed by atoms with E-state index in [1.807, 2.05) is 32.0 Å². The van der Waals surface area contributed by atoms with E-state index < -0.39 is 5.54 Å². The van der Waals surface area contributed by atoms with Crippen LogP contribution >= 0.6 is 0 Å². The molecule has 1 saturated carbocycles. The molecule has 21 heavy (non-hydrogen) atoms. The van der Waals surface area contributed by atoms with Gasteiger partial charge in [0.1, 0.15) is 5.75 Å². The van der Waals surface area contributed by atoms with Gasteiger partial charge in [-0.3, -0.25) is 4.79 Å². The van der Waals surface area contributed by atoms with Crippen LogP contribution in [0.3, 0.4) is 0 Å². The average Bonchev–Trinajstić information content (AvgIpc) is 3.17. The molecule has 1 aliphatic carbocycles. The summed E-state index contributed by atoms with van der Waals surface area (Å²) < 4.78 is 5.95. The number of rotatable bonds is 7. The van der Waals surface area contributed by atoms with E-state index in [1.165, 1.54) is 11.1 Å². The van der Waals surface area contributed by atoms with Crippen LogP contribution in [0.25, 0.3) is 0 Å². The Morgan fingerprint density at radius 3 is 2.62 bits per heavy atom. The van der Waals surface area contributed by atoms with Gasteiger partial charge in [0, 0.05) is 12.5 Å². The second kappa shape index (κ2) is 6.06. The predicted octanol–water partition coefficient (Wildman–Crippen LogP) is 2.46. The number of amides is 1. The number of carbonyl (C=O) groups excluding carboxylic acids is 1. The van der Waals surface area contributed by atoms with Gasteiger partial charge in [-0.25, -0.2) is 0 Å². The number of hydrogen-bond acceptors (Lipinski definition) is 3. The third-order valence-electron chi connectivity index (χ3n) is 4.16. The molecule has 1 fully saturated rings. The van der Waals surface area contributed by atoms with Gasteiger partial charge >= 0.3 is 0 Å². The smallest absolute Gasteiger partial charge is 0.237 e. The van der Waals surface area contributed by atoms with Crippen molar-refractivity contribution in [2.75, 3.05) is 0 Å². The fourth-order valence-corrected chi connectivity index (χ4v) is 2.54. The molecule has 1 amide bonds. The summed E-state index contributed by atoms with van der Waals surface area (Å²) in [6, 6.07) is 6.47. The fraction of sp³-hybridized carbons (Fsp3) is 0.588. The van der Waals surface area contributed by atoms with Gasteiger partial charge in [-0.2, -0.15) is 0 Å². The fourth-order valence-electron chi connectivity index (χ4n) is 2.54. The highest BCUT2D eigenvalue weighted by molar-refractivity contribution is 5.84. The van der Waals surface area contributed by atoms with E-state index in [-0.39, 0.29) is 12.0 Å². The summed E-state index contributed by atoms with van der Waals surface area (Å²) in [5.74, 6) is 0.522. The molecule has 0 spiro atoms. The Labute approximate surface area is 127 Å². The highest BCUT2D eigenvalue weighted by Crippen LogP contribution is 2.26. The summed E-state index contributed by atoms with van der Waals surface area (Å²) in [7, 11) is 0. The lowest BCUT2D eigenvalue weighted by Gasteiger charge is -2.30. The Hall–Kier alpha value is -1.55. The van der Waals surface area contributed by atoms with E-state index in [0.717, 1.165) is 18.6 Å². The molecule has 0 heterocycles. The monoisotopic (exact) mass is 290 g/mol. The van der Waals surface area contributed by atoms with Crippen LogP contribution in [0.15, 0.2) is 18.2 Å². The van der Waals surface area contributed by atoms with Crippen molar-refractivity contribution in [3.05, 3.63) is 29.3 Å². The van der Waals surface area contributed by atoms with Crippen molar-refractivity contribution in [2.24, 2.45) is 5.73 Å². The molecule has 1 aromatic rings. The zero-order chi connectivity index (χ0) is 15.6. The molecule has 4 nitrogen and oxygen atoms in total. The Balaban J connectivity index is 1.99. The molecule has 3 N–H and O–H groups in total. The van der Waals surface area contributed by atoms with Crippen LogP contribution in [0.1, 0.15) is 44.2 Å². The lowest BCUT2D eigenvalue weighted by Crippen LogP contribution is -2.55. The Morgan fingerprint density at radius 2 is 2.10 bits per heavy atom. The predicted molar refractivity (Wildman–Crippen MR) is 84.4 cm³/mol. The maximum atomic E-state index is 11.8. The van der Waals surface area contributed by atoms with Crippen LogP contribution in [-0.4, -0.2) is 23.6 Å². The largest absolute Gasteiger partial charge is 0.491 e. The van der Waals surface area contributed by atoms with Gasteiger partial charge in [-0.15, -0.1) is 0 Å². The highest BCUT2D eigenvalue weighted by Gasteiger charge is 2.38. The second-order valence-electron chi connectivity index (χ2n) is 6.49. The minimum Gasteiger partial charge on any atom is -0.491 e. The van der Waals surface area contributed by atoms with Crippen LogP contribution < -0.4 is 15.8 Å². The standard InChI is InChI=1S/C17H26N2O2/c1-11-5-8-15(9-12(11)2)21-13(3)10-17(4,16(18)20)19-14-6-7-14/h5,8-9,13-14,19H,6-7,10H2,1-4H3,(H2,18,20). The molecule has 2 atom stereocenters. The van der Waals surface area contributed by atoms with Gasteiger partial charge in [0.2, 0.25) is 5.91 Å². The van der Waals surface area contributed by atoms with Gasteiger partial charge in [0.05, 0.1) is 11.6 Å². The summed E-state index contributed by atoms with van der Waals surface area (Å²) in [5, 5.41) is 3.35. The van der Waals surface area contributed by atoms with Crippen molar-refractivity contribution in [1.82, 2.24) is 5.32 Å². The Morgan fingerprint density at radius 1 is 1.43 bits per heavy atom. The van der Waals surface area contributed by atoms with Gasteiger partial charge in [-0.1, -0.05) is 6.07 Å². The van der Waals surface area contributed by atoms with Crippen molar-refractivity contribution in [3.8, 4) is 5.75 Å². The van der Waals surface area contributed by atoms with E-state index in [1.54, 1.807) is 0 Å². The van der Waals surface area contributed by atoms with E-state index >= 15 is 0 Å². The van der Waals surface area contributed by atoms with E-state index in [9.17, 15) is 4.79 Å². The minimum absolute atomic E-state index is 0.0872. The van der Waals surface area contributed by atoms with Crippen molar-refractivity contribution < 1.29 is 9.53 Å². The van der Waals surface area contributed by atoms with Crippen LogP contribution in [-0.2, 0) is 4.79 Å². The second-order valence-corrected chi connectivity index (χ2v) is 6.49. The van der Waals surface area contributed by atoms with Crippen molar-refractivity contribution in [3.63, 3.8) is 0 Å². The number of ether oxygens (including phenoxy) is 1. The Kier molecular flexibility index (Phi) is 4.57. The summed E-state index contributed by atoms with van der Waals surface area (Å²) in [5.41, 5.74) is 7.31. The van der Waals surface area contributed by atoms with E-state index in [4.69, 9.17) is 10.5 Å². The molecule has 1 aliphatic rings. The number of primary amides is 1. The zero-order valence-electron chi connectivity index (χ0n) is 13.4. The summed E-state index contributed by atoms with van der Waals surface area (Å²) in [6.45, 7) is 7.99. The number of hydrogen-bond donors (Lipinski definition) is 2. The lowest BCUT2D eigenvalue weighted by atomic mass is 9.93. The number of benzene rings is 1. The summed E-state index contributed by atoms with van der Waals surface area (Å²) in [4.78, 5) is 11.8. The molecule has 0 aromatic heterocycles. The number of nitrogens with one attached hydrogen (secondary N) is 1.